The van der Waals surface area contributed by atoms with Gasteiger partial charge in [0, 0.05) is 36.8 Å². The average molecular weight is 526 g/mol. The lowest BCUT2D eigenvalue weighted by atomic mass is 10.0. The monoisotopic (exact) mass is 525 g/mol. The van der Waals surface area contributed by atoms with E-state index < -0.39 is 0 Å². The Balaban J connectivity index is 1.11. The fourth-order valence-corrected chi connectivity index (χ4v) is 6.01. The van der Waals surface area contributed by atoms with Crippen LogP contribution in [0, 0.1) is 6.92 Å². The number of likely N-dealkylation sites (tertiary alicyclic amines) is 1. The largest absolute Gasteiger partial charge is 0.326 e. The van der Waals surface area contributed by atoms with E-state index in [4.69, 9.17) is 9.97 Å². The molecule has 4 aromatic carbocycles. The Hall–Kier alpha value is -4.55. The number of piperidine rings is 1. The summed E-state index contributed by atoms with van der Waals surface area (Å²) in [5.74, 6) is 0. The van der Waals surface area contributed by atoms with Gasteiger partial charge in [0.1, 0.15) is 0 Å². The van der Waals surface area contributed by atoms with Crippen molar-refractivity contribution in [3.63, 3.8) is 0 Å². The van der Waals surface area contributed by atoms with E-state index in [1.54, 1.807) is 0 Å². The maximum atomic E-state index is 12.6. The SMILES string of the molecule is Cc1cccc2nc(-c3ccccc3)c(-c3ccc(CN4CCC(n5c(=O)[nH]c6ccccc65)CC4)cc3)nc12. The molecule has 0 spiro atoms. The molecule has 1 saturated heterocycles. The fraction of sp³-hybridized carbons (Fsp3) is 0.206. The normalized spacial score (nSPS) is 14.7. The lowest BCUT2D eigenvalue weighted by Crippen LogP contribution is -2.36. The summed E-state index contributed by atoms with van der Waals surface area (Å²) in [6, 6.07) is 33.4. The number of aromatic amines is 1. The molecular formula is C34H31N5O. The summed E-state index contributed by atoms with van der Waals surface area (Å²) < 4.78 is 1.96. The van der Waals surface area contributed by atoms with Crippen molar-refractivity contribution >= 4 is 22.1 Å². The zero-order valence-electron chi connectivity index (χ0n) is 22.5. The summed E-state index contributed by atoms with van der Waals surface area (Å²) in [5.41, 5.74) is 10.1. The first-order chi connectivity index (χ1) is 19.6. The molecule has 0 aliphatic carbocycles. The second kappa shape index (κ2) is 10.2. The summed E-state index contributed by atoms with van der Waals surface area (Å²) in [4.78, 5) is 28.3. The lowest BCUT2D eigenvalue weighted by molar-refractivity contribution is 0.180. The van der Waals surface area contributed by atoms with Crippen molar-refractivity contribution in [3.05, 3.63) is 119 Å². The summed E-state index contributed by atoms with van der Waals surface area (Å²) >= 11 is 0. The molecule has 6 nitrogen and oxygen atoms in total. The number of imidazole rings is 1. The molecule has 0 saturated carbocycles. The van der Waals surface area contributed by atoms with Gasteiger partial charge in [0.05, 0.1) is 33.5 Å². The van der Waals surface area contributed by atoms with Crippen LogP contribution in [0.1, 0.15) is 30.0 Å². The van der Waals surface area contributed by atoms with E-state index in [0.29, 0.717) is 0 Å². The number of nitrogens with one attached hydrogen (secondary N) is 1. The van der Waals surface area contributed by atoms with Crippen molar-refractivity contribution < 1.29 is 0 Å². The fourth-order valence-electron chi connectivity index (χ4n) is 6.01. The maximum Gasteiger partial charge on any atom is 0.326 e. The zero-order valence-corrected chi connectivity index (χ0v) is 22.5. The molecule has 6 heteroatoms. The van der Waals surface area contributed by atoms with Crippen molar-refractivity contribution in [2.75, 3.05) is 13.1 Å². The highest BCUT2D eigenvalue weighted by Gasteiger charge is 2.23. The zero-order chi connectivity index (χ0) is 27.1. The number of benzene rings is 4. The molecule has 0 atom stereocenters. The minimum absolute atomic E-state index is 0.00269. The van der Waals surface area contributed by atoms with Crippen LogP contribution in [0.15, 0.2) is 102 Å². The molecule has 0 amide bonds. The van der Waals surface area contributed by atoms with Crippen LogP contribution >= 0.6 is 0 Å². The van der Waals surface area contributed by atoms with E-state index in [1.807, 2.05) is 59.2 Å². The number of hydrogen-bond donors (Lipinski definition) is 1. The van der Waals surface area contributed by atoms with Crippen LogP contribution in [0.2, 0.25) is 0 Å². The second-order valence-electron chi connectivity index (χ2n) is 10.8. The van der Waals surface area contributed by atoms with Crippen molar-refractivity contribution in [1.82, 2.24) is 24.4 Å². The summed E-state index contributed by atoms with van der Waals surface area (Å²) in [6.07, 6.45) is 1.93. The van der Waals surface area contributed by atoms with Crippen molar-refractivity contribution in [2.24, 2.45) is 0 Å². The Kier molecular flexibility index (Phi) is 6.25. The van der Waals surface area contributed by atoms with Gasteiger partial charge in [-0.05, 0) is 49.1 Å². The number of hydrogen-bond acceptors (Lipinski definition) is 4. The third-order valence-corrected chi connectivity index (χ3v) is 8.12. The van der Waals surface area contributed by atoms with E-state index in [-0.39, 0.29) is 11.7 Å². The maximum absolute atomic E-state index is 12.6. The Morgan fingerprint density at radius 1 is 0.775 bits per heavy atom. The van der Waals surface area contributed by atoms with Gasteiger partial charge >= 0.3 is 5.69 Å². The minimum Gasteiger partial charge on any atom is -0.306 e. The van der Waals surface area contributed by atoms with Crippen LogP contribution in [-0.4, -0.2) is 37.5 Å². The van der Waals surface area contributed by atoms with E-state index in [1.165, 1.54) is 5.56 Å². The molecule has 198 valence electrons. The van der Waals surface area contributed by atoms with Crippen LogP contribution < -0.4 is 5.69 Å². The molecule has 0 radical (unpaired) electrons. The highest BCUT2D eigenvalue weighted by Crippen LogP contribution is 2.32. The minimum atomic E-state index is -0.00269. The van der Waals surface area contributed by atoms with Crippen LogP contribution in [0.4, 0.5) is 0 Å². The number of fused-ring (bicyclic) bond motifs is 2. The lowest BCUT2D eigenvalue weighted by Gasteiger charge is -2.32. The van der Waals surface area contributed by atoms with Crippen molar-refractivity contribution in [3.8, 4) is 22.5 Å². The van der Waals surface area contributed by atoms with Crippen LogP contribution in [0.3, 0.4) is 0 Å². The molecule has 6 aromatic rings. The molecule has 1 fully saturated rings. The van der Waals surface area contributed by atoms with Gasteiger partial charge in [-0.2, -0.15) is 0 Å². The predicted molar refractivity (Wildman–Crippen MR) is 161 cm³/mol. The molecule has 1 aliphatic heterocycles. The van der Waals surface area contributed by atoms with E-state index in [2.05, 4.69) is 59.3 Å². The van der Waals surface area contributed by atoms with Gasteiger partial charge in [-0.3, -0.25) is 9.47 Å². The van der Waals surface area contributed by atoms with Gasteiger partial charge < -0.3 is 4.98 Å². The highest BCUT2D eigenvalue weighted by atomic mass is 16.1. The third kappa shape index (κ3) is 4.50. The molecule has 1 N–H and O–H groups in total. The number of aryl methyl sites for hydroxylation is 1. The molecule has 0 unspecified atom stereocenters. The average Bonchev–Trinajstić information content (AvgIpc) is 3.34. The number of aromatic nitrogens is 4. The Bertz CT molecular complexity index is 1860. The van der Waals surface area contributed by atoms with Crippen molar-refractivity contribution in [2.45, 2.75) is 32.4 Å². The van der Waals surface area contributed by atoms with Gasteiger partial charge in [0.2, 0.25) is 0 Å². The first kappa shape index (κ1) is 24.5. The molecule has 2 aromatic heterocycles. The number of para-hydroxylation sites is 3. The predicted octanol–water partition coefficient (Wildman–Crippen LogP) is 6.75. The number of rotatable bonds is 5. The van der Waals surface area contributed by atoms with E-state index >= 15 is 0 Å². The highest BCUT2D eigenvalue weighted by molar-refractivity contribution is 5.87. The number of H-pyrrole nitrogens is 1. The van der Waals surface area contributed by atoms with Crippen LogP contribution in [0.5, 0.6) is 0 Å². The standard InChI is InChI=1S/C34H31N5O/c1-23-8-7-12-29-31(23)37-33(32(35-29)25-9-3-2-4-10-25)26-16-14-24(15-17-26)22-38-20-18-27(19-21-38)39-30-13-6-5-11-28(30)36-34(39)40/h2-17,27H,18-22H2,1H3,(H,36,40). The molecule has 1 aliphatic rings. The molecule has 0 bridgehead atoms. The Morgan fingerprint density at radius 3 is 2.27 bits per heavy atom. The first-order valence-corrected chi connectivity index (χ1v) is 14.0. The van der Waals surface area contributed by atoms with E-state index in [9.17, 15) is 4.79 Å². The smallest absolute Gasteiger partial charge is 0.306 e. The van der Waals surface area contributed by atoms with Gasteiger partial charge in [-0.15, -0.1) is 0 Å². The summed E-state index contributed by atoms with van der Waals surface area (Å²) in [6.45, 7) is 4.91. The summed E-state index contributed by atoms with van der Waals surface area (Å²) in [7, 11) is 0. The topological polar surface area (TPSA) is 66.8 Å². The van der Waals surface area contributed by atoms with Crippen molar-refractivity contribution in [1.29, 1.82) is 0 Å². The molecular weight excluding hydrogens is 494 g/mol. The van der Waals surface area contributed by atoms with Gasteiger partial charge in [0.15, 0.2) is 0 Å². The molecule has 7 rings (SSSR count). The quantitative estimate of drug-likeness (QED) is 0.270. The van der Waals surface area contributed by atoms with Crippen LogP contribution in [-0.2, 0) is 6.54 Å². The second-order valence-corrected chi connectivity index (χ2v) is 10.8. The first-order valence-electron chi connectivity index (χ1n) is 14.0. The van der Waals surface area contributed by atoms with Gasteiger partial charge in [-0.1, -0.05) is 78.9 Å². The Morgan fingerprint density at radius 2 is 1.48 bits per heavy atom. The summed E-state index contributed by atoms with van der Waals surface area (Å²) in [5, 5.41) is 0. The number of nitrogens with zero attached hydrogens (tertiary/aromatic N) is 4. The molecule has 3 heterocycles. The third-order valence-electron chi connectivity index (χ3n) is 8.12. The van der Waals surface area contributed by atoms with E-state index in [0.717, 1.165) is 82.6 Å². The Labute approximate surface area is 233 Å². The molecule has 40 heavy (non-hydrogen) atoms. The van der Waals surface area contributed by atoms with Crippen LogP contribution in [0.25, 0.3) is 44.6 Å². The van der Waals surface area contributed by atoms with Gasteiger partial charge in [0.25, 0.3) is 0 Å². The van der Waals surface area contributed by atoms with Gasteiger partial charge in [-0.25, -0.2) is 14.8 Å².